The van der Waals surface area contributed by atoms with Crippen molar-refractivity contribution >= 4 is 35.9 Å². The van der Waals surface area contributed by atoms with Crippen LogP contribution >= 0.6 is 0 Å². The largest absolute Gasteiger partial charge is 0.467 e. The van der Waals surface area contributed by atoms with Crippen molar-refractivity contribution in [3.63, 3.8) is 0 Å². The zero-order chi connectivity index (χ0) is 38.5. The number of esters is 2. The standard InChI is InChI=1S/C38H54N4O10/c1-26(2)23-31(34(45)40-30(35(46)49-6)20-21-32(43)50-24-27-15-9-7-10-16-27)41-33(44)29(42-37(48)52-38(3,4)5)19-13-14-22-39-36(47)51-25-28-17-11-8-12-18-28/h7-12,15-18,26,29-31H,13-14,19-25H2,1-6H3,(H,39,47)(H,40,45)(H,41,44)(H,42,48)/t29-,30-,31-/m0/s1. The van der Waals surface area contributed by atoms with Crippen LogP contribution in [0.15, 0.2) is 60.7 Å². The molecule has 286 valence electrons. The van der Waals surface area contributed by atoms with Gasteiger partial charge in [-0.1, -0.05) is 74.5 Å². The predicted octanol–water partition coefficient (Wildman–Crippen LogP) is 4.69. The number of alkyl carbamates (subject to hydrolysis) is 2. The molecule has 0 spiro atoms. The highest BCUT2D eigenvalue weighted by Gasteiger charge is 2.31. The van der Waals surface area contributed by atoms with Gasteiger partial charge in [-0.15, -0.1) is 0 Å². The highest BCUT2D eigenvalue weighted by atomic mass is 16.6. The molecule has 52 heavy (non-hydrogen) atoms. The van der Waals surface area contributed by atoms with Crippen molar-refractivity contribution in [2.24, 2.45) is 5.92 Å². The van der Waals surface area contributed by atoms with Crippen molar-refractivity contribution in [2.75, 3.05) is 13.7 Å². The lowest BCUT2D eigenvalue weighted by Gasteiger charge is -2.27. The van der Waals surface area contributed by atoms with Crippen LogP contribution in [0.2, 0.25) is 0 Å². The maximum atomic E-state index is 13.6. The van der Waals surface area contributed by atoms with Gasteiger partial charge in [-0.3, -0.25) is 14.4 Å². The maximum absolute atomic E-state index is 13.6. The van der Waals surface area contributed by atoms with Crippen LogP contribution in [-0.2, 0) is 51.3 Å². The number of rotatable bonds is 20. The molecule has 0 bridgehead atoms. The smallest absolute Gasteiger partial charge is 0.408 e. The zero-order valence-corrected chi connectivity index (χ0v) is 31.0. The van der Waals surface area contributed by atoms with Gasteiger partial charge < -0.3 is 40.2 Å². The summed E-state index contributed by atoms with van der Waals surface area (Å²) in [5.41, 5.74) is 0.826. The lowest BCUT2D eigenvalue weighted by atomic mass is 10.0. The summed E-state index contributed by atoms with van der Waals surface area (Å²) in [7, 11) is 1.17. The number of methoxy groups -OCH3 is 1. The molecule has 0 aliphatic heterocycles. The van der Waals surface area contributed by atoms with E-state index >= 15 is 0 Å². The third-order valence-electron chi connectivity index (χ3n) is 7.43. The SMILES string of the molecule is COC(=O)[C@H](CCC(=O)OCc1ccccc1)NC(=O)[C@H](CC(C)C)NC(=O)[C@H](CCCCNC(=O)OCc1ccccc1)NC(=O)OC(C)(C)C. The van der Waals surface area contributed by atoms with Gasteiger partial charge in [0.25, 0.3) is 0 Å². The highest BCUT2D eigenvalue weighted by molar-refractivity contribution is 5.93. The lowest BCUT2D eigenvalue weighted by molar-refractivity contribution is -0.148. The van der Waals surface area contributed by atoms with E-state index in [1.807, 2.05) is 74.5 Å². The topological polar surface area (TPSA) is 187 Å². The highest BCUT2D eigenvalue weighted by Crippen LogP contribution is 2.12. The number of carbonyl (C=O) groups excluding carboxylic acids is 6. The van der Waals surface area contributed by atoms with E-state index in [1.54, 1.807) is 20.8 Å². The van der Waals surface area contributed by atoms with Gasteiger partial charge in [-0.25, -0.2) is 14.4 Å². The van der Waals surface area contributed by atoms with Crippen LogP contribution in [0.3, 0.4) is 0 Å². The molecule has 0 aliphatic rings. The Bertz CT molecular complexity index is 1430. The van der Waals surface area contributed by atoms with E-state index in [4.69, 9.17) is 18.9 Å². The maximum Gasteiger partial charge on any atom is 0.408 e. The Morgan fingerprint density at radius 2 is 1.23 bits per heavy atom. The van der Waals surface area contributed by atoms with E-state index < -0.39 is 59.7 Å². The summed E-state index contributed by atoms with van der Waals surface area (Å²) < 4.78 is 20.7. The molecule has 0 radical (unpaired) electrons. The van der Waals surface area contributed by atoms with Crippen molar-refractivity contribution in [3.8, 4) is 0 Å². The summed E-state index contributed by atoms with van der Waals surface area (Å²) in [4.78, 5) is 76.9. The van der Waals surface area contributed by atoms with Crippen molar-refractivity contribution in [2.45, 2.75) is 110 Å². The van der Waals surface area contributed by atoms with Gasteiger partial charge in [0.05, 0.1) is 7.11 Å². The molecule has 0 heterocycles. The van der Waals surface area contributed by atoms with Gasteiger partial charge in [0, 0.05) is 13.0 Å². The van der Waals surface area contributed by atoms with Crippen molar-refractivity contribution in [1.29, 1.82) is 0 Å². The number of amides is 4. The first-order valence-corrected chi connectivity index (χ1v) is 17.5. The number of nitrogens with one attached hydrogen (secondary N) is 4. The molecular weight excluding hydrogens is 672 g/mol. The van der Waals surface area contributed by atoms with E-state index in [-0.39, 0.29) is 51.4 Å². The molecule has 0 saturated carbocycles. The van der Waals surface area contributed by atoms with E-state index in [1.165, 1.54) is 7.11 Å². The van der Waals surface area contributed by atoms with E-state index in [9.17, 15) is 28.8 Å². The van der Waals surface area contributed by atoms with Crippen LogP contribution in [0, 0.1) is 5.92 Å². The Labute approximate surface area is 306 Å². The average molecular weight is 727 g/mol. The third kappa shape index (κ3) is 18.2. The van der Waals surface area contributed by atoms with Crippen LogP contribution in [0.1, 0.15) is 84.3 Å². The normalized spacial score (nSPS) is 12.8. The number of ether oxygens (including phenoxy) is 4. The first-order chi connectivity index (χ1) is 24.7. The molecule has 0 aromatic heterocycles. The molecule has 14 heteroatoms. The fraction of sp³-hybridized carbons (Fsp3) is 0.526. The fourth-order valence-electron chi connectivity index (χ4n) is 4.87. The molecular formula is C38H54N4O10. The number of hydrogen-bond donors (Lipinski definition) is 4. The van der Waals surface area contributed by atoms with Crippen LogP contribution < -0.4 is 21.3 Å². The molecule has 4 amide bonds. The molecule has 2 aromatic rings. The van der Waals surface area contributed by atoms with Crippen molar-refractivity contribution < 1.29 is 47.7 Å². The molecule has 0 aliphatic carbocycles. The summed E-state index contributed by atoms with van der Waals surface area (Å²) in [5.74, 6) is -2.67. The van der Waals surface area contributed by atoms with Crippen LogP contribution in [0.4, 0.5) is 9.59 Å². The van der Waals surface area contributed by atoms with E-state index in [0.29, 0.717) is 12.8 Å². The van der Waals surface area contributed by atoms with E-state index in [2.05, 4.69) is 21.3 Å². The summed E-state index contributed by atoms with van der Waals surface area (Å²) >= 11 is 0. The Hall–Kier alpha value is -5.14. The van der Waals surface area contributed by atoms with Gasteiger partial charge >= 0.3 is 24.1 Å². The van der Waals surface area contributed by atoms with Crippen LogP contribution in [-0.4, -0.2) is 73.3 Å². The van der Waals surface area contributed by atoms with Gasteiger partial charge in [0.1, 0.15) is 36.9 Å². The third-order valence-corrected chi connectivity index (χ3v) is 7.43. The molecule has 0 saturated heterocycles. The number of carbonyl (C=O) groups is 6. The molecule has 0 fully saturated rings. The molecule has 14 nitrogen and oxygen atoms in total. The summed E-state index contributed by atoms with van der Waals surface area (Å²) in [6, 6.07) is 15.0. The van der Waals surface area contributed by atoms with Crippen molar-refractivity contribution in [1.82, 2.24) is 21.3 Å². The van der Waals surface area contributed by atoms with Gasteiger partial charge in [-0.05, 0) is 69.9 Å². The minimum atomic E-state index is -1.18. The predicted molar refractivity (Wildman–Crippen MR) is 192 cm³/mol. The summed E-state index contributed by atoms with van der Waals surface area (Å²) in [6.45, 7) is 9.25. The summed E-state index contributed by atoms with van der Waals surface area (Å²) in [5, 5.41) is 10.6. The fourth-order valence-corrected chi connectivity index (χ4v) is 4.87. The molecule has 2 rings (SSSR count). The molecule has 0 unspecified atom stereocenters. The second-order valence-corrected chi connectivity index (χ2v) is 13.6. The van der Waals surface area contributed by atoms with Crippen LogP contribution in [0.5, 0.6) is 0 Å². The van der Waals surface area contributed by atoms with Crippen molar-refractivity contribution in [3.05, 3.63) is 71.8 Å². The first kappa shape index (κ1) is 43.0. The lowest BCUT2D eigenvalue weighted by Crippen LogP contribution is -2.56. The Kier molecular flexibility index (Phi) is 18.7. The Morgan fingerprint density at radius 1 is 0.673 bits per heavy atom. The zero-order valence-electron chi connectivity index (χ0n) is 31.0. The van der Waals surface area contributed by atoms with Gasteiger partial charge in [0.2, 0.25) is 11.8 Å². The Balaban J connectivity index is 2.02. The van der Waals surface area contributed by atoms with Gasteiger partial charge in [0.15, 0.2) is 0 Å². The summed E-state index contributed by atoms with van der Waals surface area (Å²) in [6.07, 6.45) is -0.410. The molecule has 4 N–H and O–H groups in total. The minimum absolute atomic E-state index is 0.0504. The first-order valence-electron chi connectivity index (χ1n) is 17.5. The number of unbranched alkanes of at least 4 members (excludes halogenated alkanes) is 1. The Morgan fingerprint density at radius 3 is 1.79 bits per heavy atom. The molecule has 2 aromatic carbocycles. The number of hydrogen-bond acceptors (Lipinski definition) is 10. The monoisotopic (exact) mass is 726 g/mol. The van der Waals surface area contributed by atoms with Gasteiger partial charge in [-0.2, -0.15) is 0 Å². The average Bonchev–Trinajstić information content (AvgIpc) is 3.10. The molecule has 3 atom stereocenters. The second-order valence-electron chi connectivity index (χ2n) is 13.6. The van der Waals surface area contributed by atoms with Crippen LogP contribution in [0.25, 0.3) is 0 Å². The van der Waals surface area contributed by atoms with E-state index in [0.717, 1.165) is 11.1 Å². The minimum Gasteiger partial charge on any atom is -0.467 e. The quantitative estimate of drug-likeness (QED) is 0.0847. The second kappa shape index (κ2) is 22.6. The number of benzene rings is 2.